The molecule has 0 atom stereocenters. The summed E-state index contributed by atoms with van der Waals surface area (Å²) in [5.41, 5.74) is 5.36. The smallest absolute Gasteiger partial charge is 0.282 e. The van der Waals surface area contributed by atoms with Gasteiger partial charge in [0.25, 0.3) is 11.8 Å². The number of hydrogen-bond donors (Lipinski definition) is 0. The average molecular weight is 439 g/mol. The third-order valence-corrected chi connectivity index (χ3v) is 6.15. The molecule has 5 nitrogen and oxygen atoms in total. The first kappa shape index (κ1) is 21.0. The summed E-state index contributed by atoms with van der Waals surface area (Å²) in [5.74, 6) is 0.151. The van der Waals surface area contributed by atoms with E-state index in [1.165, 1.54) is 10.5 Å². The molecule has 0 spiro atoms. The van der Waals surface area contributed by atoms with Gasteiger partial charge >= 0.3 is 0 Å². The molecule has 2 aliphatic rings. The van der Waals surface area contributed by atoms with Crippen molar-refractivity contribution in [3.63, 3.8) is 0 Å². The Bertz CT molecular complexity index is 1260. The predicted octanol–water partition coefficient (Wildman–Crippen LogP) is 5.13. The van der Waals surface area contributed by atoms with Crippen LogP contribution >= 0.6 is 0 Å². The standard InChI is InChI=1S/C28H26N2O3/c1-3-33-23-15-13-21(14-16-23)25-26(29-17-7-10-20-9-4-5-12-24(20)29)28(32)30(27(25)31)22-11-6-8-19(2)18-22/h4-6,8-9,11-16,18H,3,7,10,17H2,1-2H3. The van der Waals surface area contributed by atoms with Crippen LogP contribution in [0.5, 0.6) is 5.75 Å². The van der Waals surface area contributed by atoms with E-state index in [2.05, 4.69) is 6.07 Å². The Morgan fingerprint density at radius 2 is 1.70 bits per heavy atom. The second-order valence-corrected chi connectivity index (χ2v) is 8.35. The van der Waals surface area contributed by atoms with Gasteiger partial charge in [-0.3, -0.25) is 9.59 Å². The number of imide groups is 1. The number of hydrogen-bond acceptors (Lipinski definition) is 4. The van der Waals surface area contributed by atoms with Crippen LogP contribution < -0.4 is 14.5 Å². The summed E-state index contributed by atoms with van der Waals surface area (Å²) in [7, 11) is 0. The Morgan fingerprint density at radius 3 is 2.45 bits per heavy atom. The van der Waals surface area contributed by atoms with Crippen molar-refractivity contribution in [3.05, 3.63) is 95.2 Å². The summed E-state index contributed by atoms with van der Waals surface area (Å²) in [4.78, 5) is 31.0. The lowest BCUT2D eigenvalue weighted by Gasteiger charge is -2.32. The highest BCUT2D eigenvalue weighted by Crippen LogP contribution is 2.39. The maximum atomic E-state index is 13.9. The molecular weight excluding hydrogens is 412 g/mol. The van der Waals surface area contributed by atoms with Crippen molar-refractivity contribution in [2.45, 2.75) is 26.7 Å². The molecule has 3 aromatic carbocycles. The van der Waals surface area contributed by atoms with Gasteiger partial charge in [0.2, 0.25) is 0 Å². The molecule has 2 amide bonds. The van der Waals surface area contributed by atoms with E-state index in [9.17, 15) is 9.59 Å². The van der Waals surface area contributed by atoms with Crippen LogP contribution in [-0.4, -0.2) is 25.0 Å². The van der Waals surface area contributed by atoms with Gasteiger partial charge in [0.15, 0.2) is 0 Å². The van der Waals surface area contributed by atoms with Crippen molar-refractivity contribution in [2.24, 2.45) is 0 Å². The normalized spacial score (nSPS) is 15.8. The van der Waals surface area contributed by atoms with Crippen molar-refractivity contribution in [2.75, 3.05) is 23.0 Å². The van der Waals surface area contributed by atoms with Crippen LogP contribution in [0.1, 0.15) is 30.0 Å². The lowest BCUT2D eigenvalue weighted by Crippen LogP contribution is -2.37. The van der Waals surface area contributed by atoms with Gasteiger partial charge in [0.1, 0.15) is 11.4 Å². The number of rotatable bonds is 5. The average Bonchev–Trinajstić information content (AvgIpc) is 3.09. The number of carbonyl (C=O) groups excluding carboxylic acids is 2. The Hall–Kier alpha value is -3.86. The number of benzene rings is 3. The number of para-hydroxylation sites is 1. The Kier molecular flexibility index (Phi) is 5.47. The molecule has 166 valence electrons. The number of carbonyl (C=O) groups is 2. The van der Waals surface area contributed by atoms with Gasteiger partial charge in [-0.05, 0) is 73.7 Å². The molecule has 33 heavy (non-hydrogen) atoms. The maximum absolute atomic E-state index is 13.9. The van der Waals surface area contributed by atoms with Crippen LogP contribution in [0, 0.1) is 6.92 Å². The minimum atomic E-state index is -0.298. The molecular formula is C28H26N2O3. The summed E-state index contributed by atoms with van der Waals surface area (Å²) in [5, 5.41) is 0. The van der Waals surface area contributed by atoms with E-state index in [1.54, 1.807) is 0 Å². The minimum Gasteiger partial charge on any atom is -0.494 e. The first-order valence-electron chi connectivity index (χ1n) is 11.4. The summed E-state index contributed by atoms with van der Waals surface area (Å²) in [6.07, 6.45) is 1.88. The zero-order valence-corrected chi connectivity index (χ0v) is 18.9. The molecule has 2 aliphatic heterocycles. The molecule has 0 fully saturated rings. The first-order valence-corrected chi connectivity index (χ1v) is 11.4. The maximum Gasteiger partial charge on any atom is 0.282 e. The number of aryl methyl sites for hydroxylation is 2. The van der Waals surface area contributed by atoms with E-state index < -0.39 is 0 Å². The lowest BCUT2D eigenvalue weighted by molar-refractivity contribution is -0.120. The quantitative estimate of drug-likeness (QED) is 0.518. The minimum absolute atomic E-state index is 0.286. The van der Waals surface area contributed by atoms with Crippen LogP contribution in [0.2, 0.25) is 0 Å². The van der Waals surface area contributed by atoms with E-state index in [0.717, 1.165) is 29.8 Å². The largest absolute Gasteiger partial charge is 0.494 e. The van der Waals surface area contributed by atoms with Gasteiger partial charge in [0, 0.05) is 12.2 Å². The molecule has 0 radical (unpaired) electrons. The van der Waals surface area contributed by atoms with Crippen molar-refractivity contribution >= 4 is 28.8 Å². The van der Waals surface area contributed by atoms with Gasteiger partial charge in [-0.25, -0.2) is 4.90 Å². The Balaban J connectivity index is 1.67. The number of ether oxygens (including phenoxy) is 1. The highest BCUT2D eigenvalue weighted by atomic mass is 16.5. The van der Waals surface area contributed by atoms with Gasteiger partial charge in [-0.1, -0.05) is 42.5 Å². The van der Waals surface area contributed by atoms with Crippen LogP contribution in [0.3, 0.4) is 0 Å². The summed E-state index contributed by atoms with van der Waals surface area (Å²) in [6.45, 7) is 5.14. The molecule has 0 aromatic heterocycles. The molecule has 0 bridgehead atoms. The molecule has 0 saturated carbocycles. The van der Waals surface area contributed by atoms with Crippen molar-refractivity contribution < 1.29 is 14.3 Å². The summed E-state index contributed by atoms with van der Waals surface area (Å²) < 4.78 is 5.58. The van der Waals surface area contributed by atoms with Gasteiger partial charge in [-0.15, -0.1) is 0 Å². The molecule has 0 aliphatic carbocycles. The van der Waals surface area contributed by atoms with Crippen molar-refractivity contribution in [1.82, 2.24) is 0 Å². The van der Waals surface area contributed by atoms with E-state index in [-0.39, 0.29) is 11.8 Å². The van der Waals surface area contributed by atoms with Crippen LogP contribution in [0.15, 0.2) is 78.5 Å². The van der Waals surface area contributed by atoms with Crippen LogP contribution in [0.25, 0.3) is 5.57 Å². The van der Waals surface area contributed by atoms with Crippen LogP contribution in [0.4, 0.5) is 11.4 Å². The van der Waals surface area contributed by atoms with Gasteiger partial charge in [-0.2, -0.15) is 0 Å². The number of anilines is 2. The number of nitrogens with zero attached hydrogens (tertiary/aromatic N) is 2. The third-order valence-electron chi connectivity index (χ3n) is 6.15. The van der Waals surface area contributed by atoms with Gasteiger partial charge < -0.3 is 9.64 Å². The molecule has 5 heteroatoms. The predicted molar refractivity (Wildman–Crippen MR) is 130 cm³/mol. The first-order chi connectivity index (χ1) is 16.1. The molecule has 0 unspecified atom stereocenters. The van der Waals surface area contributed by atoms with Crippen LogP contribution in [-0.2, 0) is 16.0 Å². The van der Waals surface area contributed by atoms with E-state index in [4.69, 9.17) is 4.74 Å². The Labute approximate surface area is 193 Å². The van der Waals surface area contributed by atoms with Crippen molar-refractivity contribution in [3.8, 4) is 5.75 Å². The number of fused-ring (bicyclic) bond motifs is 1. The fourth-order valence-corrected chi connectivity index (χ4v) is 4.68. The van der Waals surface area contributed by atoms with Crippen molar-refractivity contribution in [1.29, 1.82) is 0 Å². The third kappa shape index (κ3) is 3.69. The second-order valence-electron chi connectivity index (χ2n) is 8.35. The summed E-state index contributed by atoms with van der Waals surface area (Å²) >= 11 is 0. The Morgan fingerprint density at radius 1 is 0.909 bits per heavy atom. The lowest BCUT2D eigenvalue weighted by atomic mass is 9.98. The monoisotopic (exact) mass is 438 g/mol. The zero-order chi connectivity index (χ0) is 22.9. The van der Waals surface area contributed by atoms with E-state index in [0.29, 0.717) is 35.7 Å². The molecule has 0 saturated heterocycles. The molecule has 3 aromatic rings. The van der Waals surface area contributed by atoms with E-state index in [1.807, 2.05) is 85.5 Å². The summed E-state index contributed by atoms with van der Waals surface area (Å²) in [6, 6.07) is 23.1. The SMILES string of the molecule is CCOc1ccc(C2=C(N3CCCc4ccccc43)C(=O)N(c3cccc(C)c3)C2=O)cc1. The molecule has 2 heterocycles. The van der Waals surface area contributed by atoms with Gasteiger partial charge in [0.05, 0.1) is 17.9 Å². The highest BCUT2D eigenvalue weighted by molar-refractivity contribution is 6.46. The fraction of sp³-hybridized carbons (Fsp3) is 0.214. The van der Waals surface area contributed by atoms with E-state index >= 15 is 0 Å². The molecule has 0 N–H and O–H groups in total. The topological polar surface area (TPSA) is 49.9 Å². The zero-order valence-electron chi connectivity index (χ0n) is 18.9. The highest BCUT2D eigenvalue weighted by Gasteiger charge is 2.43. The second kappa shape index (κ2) is 8.58. The number of amides is 2. The molecule has 5 rings (SSSR count). The fourth-order valence-electron chi connectivity index (χ4n) is 4.68.